The van der Waals surface area contributed by atoms with Crippen LogP contribution in [-0.2, 0) is 19.1 Å². The van der Waals surface area contributed by atoms with E-state index in [9.17, 15) is 19.8 Å². The number of aliphatic hydroxyl groups is 2. The Labute approximate surface area is 153 Å². The zero-order chi connectivity index (χ0) is 18.9. The summed E-state index contributed by atoms with van der Waals surface area (Å²) in [6.07, 6.45) is 3.98. The van der Waals surface area contributed by atoms with Gasteiger partial charge in [-0.2, -0.15) is 0 Å². The topological polar surface area (TPSA) is 93.1 Å². The van der Waals surface area contributed by atoms with Crippen molar-refractivity contribution in [2.24, 2.45) is 22.7 Å². The van der Waals surface area contributed by atoms with Gasteiger partial charge >= 0.3 is 11.9 Å². The maximum absolute atomic E-state index is 12.6. The van der Waals surface area contributed by atoms with Gasteiger partial charge in [-0.3, -0.25) is 4.79 Å². The minimum atomic E-state index is -1.21. The van der Waals surface area contributed by atoms with E-state index in [1.54, 1.807) is 0 Å². The van der Waals surface area contributed by atoms with Crippen LogP contribution in [0.5, 0.6) is 0 Å². The number of aliphatic hydroxyl groups excluding tert-OH is 1. The van der Waals surface area contributed by atoms with Gasteiger partial charge < -0.3 is 19.7 Å². The summed E-state index contributed by atoms with van der Waals surface area (Å²) in [7, 11) is 0. The molecule has 0 aromatic heterocycles. The Hall–Kier alpha value is -1.40. The van der Waals surface area contributed by atoms with Crippen molar-refractivity contribution >= 4 is 11.9 Å². The summed E-state index contributed by atoms with van der Waals surface area (Å²) in [5.74, 6) is -0.708. The van der Waals surface area contributed by atoms with Crippen molar-refractivity contribution in [2.75, 3.05) is 0 Å². The van der Waals surface area contributed by atoms with Crippen molar-refractivity contribution in [2.45, 2.75) is 77.3 Å². The normalized spacial score (nSPS) is 50.1. The molecule has 144 valence electrons. The van der Waals surface area contributed by atoms with Crippen molar-refractivity contribution in [1.29, 1.82) is 0 Å². The highest BCUT2D eigenvalue weighted by Gasteiger charge is 2.71. The third kappa shape index (κ3) is 2.18. The standard InChI is InChI=1S/C20H28O6/c1-11-9-13-15-18(2,17(23)25-13)6-4-7-19(15,3)20(11,24)8-5-12-10-14(21)26-16(12)22/h10-11,13,15-16,22,24H,4-9H2,1-3H3/t11-,13?,15?,16?,18+,19-,20-/m1/s1. The van der Waals surface area contributed by atoms with E-state index >= 15 is 0 Å². The molecule has 4 aliphatic rings. The molecule has 1 saturated heterocycles. The number of hydrogen-bond acceptors (Lipinski definition) is 6. The third-order valence-corrected chi connectivity index (χ3v) is 7.89. The number of carbonyl (C=O) groups excluding carboxylic acids is 2. The second kappa shape index (κ2) is 5.55. The van der Waals surface area contributed by atoms with Gasteiger partial charge in [0.2, 0.25) is 6.29 Å². The van der Waals surface area contributed by atoms with Crippen molar-refractivity contribution in [3.05, 3.63) is 11.6 Å². The molecule has 2 aliphatic carbocycles. The molecule has 2 saturated carbocycles. The maximum atomic E-state index is 12.6. The molecule has 6 heteroatoms. The Morgan fingerprint density at radius 1 is 1.23 bits per heavy atom. The number of rotatable bonds is 3. The minimum Gasteiger partial charge on any atom is -0.462 e. The zero-order valence-electron chi connectivity index (χ0n) is 15.7. The van der Waals surface area contributed by atoms with Gasteiger partial charge in [0.15, 0.2) is 0 Å². The van der Waals surface area contributed by atoms with Crippen LogP contribution in [0, 0.1) is 22.7 Å². The first-order chi connectivity index (χ1) is 12.1. The summed E-state index contributed by atoms with van der Waals surface area (Å²) in [6.45, 7) is 6.10. The molecule has 0 aromatic carbocycles. The van der Waals surface area contributed by atoms with Crippen LogP contribution in [0.1, 0.15) is 59.3 Å². The van der Waals surface area contributed by atoms with E-state index in [4.69, 9.17) is 9.47 Å². The van der Waals surface area contributed by atoms with Crippen LogP contribution in [0.3, 0.4) is 0 Å². The van der Waals surface area contributed by atoms with E-state index in [1.807, 2.05) is 13.8 Å². The highest BCUT2D eigenvalue weighted by molar-refractivity contribution is 5.85. The molecule has 2 N–H and O–H groups in total. The highest BCUT2D eigenvalue weighted by Crippen LogP contribution is 2.67. The molecule has 6 nitrogen and oxygen atoms in total. The molecule has 0 amide bonds. The molecular formula is C20H28O6. The summed E-state index contributed by atoms with van der Waals surface area (Å²) in [4.78, 5) is 23.9. The van der Waals surface area contributed by atoms with Crippen molar-refractivity contribution in [1.82, 2.24) is 0 Å². The largest absolute Gasteiger partial charge is 0.462 e. The average molecular weight is 364 g/mol. The lowest BCUT2D eigenvalue weighted by Gasteiger charge is -2.61. The van der Waals surface area contributed by atoms with Crippen LogP contribution in [0.4, 0.5) is 0 Å². The van der Waals surface area contributed by atoms with Crippen LogP contribution in [0.2, 0.25) is 0 Å². The fourth-order valence-electron chi connectivity index (χ4n) is 6.51. The molecule has 0 aromatic rings. The van der Waals surface area contributed by atoms with E-state index in [2.05, 4.69) is 6.92 Å². The van der Waals surface area contributed by atoms with Crippen LogP contribution < -0.4 is 0 Å². The Bertz CT molecular complexity index is 686. The lowest BCUT2D eigenvalue weighted by molar-refractivity contribution is -0.218. The molecule has 2 heterocycles. The highest BCUT2D eigenvalue weighted by atomic mass is 16.6. The number of hydrogen-bond donors (Lipinski definition) is 2. The summed E-state index contributed by atoms with van der Waals surface area (Å²) in [5, 5.41) is 21.7. The first-order valence-corrected chi connectivity index (χ1v) is 9.64. The van der Waals surface area contributed by atoms with E-state index in [0.717, 1.165) is 19.3 Å². The minimum absolute atomic E-state index is 0.00202. The van der Waals surface area contributed by atoms with Crippen molar-refractivity contribution in [3.8, 4) is 0 Å². The number of cyclic esters (lactones) is 1. The quantitative estimate of drug-likeness (QED) is 0.745. The van der Waals surface area contributed by atoms with Crippen molar-refractivity contribution < 1.29 is 29.3 Å². The van der Waals surface area contributed by atoms with Gasteiger partial charge in [-0.15, -0.1) is 0 Å². The summed E-state index contributed by atoms with van der Waals surface area (Å²) >= 11 is 0. The van der Waals surface area contributed by atoms with E-state index in [1.165, 1.54) is 6.08 Å². The number of esters is 2. The lowest BCUT2D eigenvalue weighted by Crippen LogP contribution is -2.65. The predicted molar refractivity (Wildman–Crippen MR) is 91.6 cm³/mol. The Kier molecular flexibility index (Phi) is 3.84. The molecule has 0 radical (unpaired) electrons. The van der Waals surface area contributed by atoms with Crippen LogP contribution in [0.15, 0.2) is 11.6 Å². The second-order valence-electron chi connectivity index (χ2n) is 9.18. The molecule has 7 atom stereocenters. The molecule has 2 aliphatic heterocycles. The first kappa shape index (κ1) is 18.0. The van der Waals surface area contributed by atoms with E-state index in [-0.39, 0.29) is 23.9 Å². The van der Waals surface area contributed by atoms with Crippen molar-refractivity contribution in [3.63, 3.8) is 0 Å². The van der Waals surface area contributed by atoms with Gasteiger partial charge in [0.1, 0.15) is 6.10 Å². The second-order valence-corrected chi connectivity index (χ2v) is 9.18. The van der Waals surface area contributed by atoms with Gasteiger partial charge in [0.25, 0.3) is 0 Å². The number of carbonyl (C=O) groups is 2. The van der Waals surface area contributed by atoms with E-state index in [0.29, 0.717) is 24.8 Å². The number of ether oxygens (including phenoxy) is 2. The van der Waals surface area contributed by atoms with Gasteiger partial charge in [-0.1, -0.05) is 20.3 Å². The fraction of sp³-hybridized carbons (Fsp3) is 0.800. The zero-order valence-corrected chi connectivity index (χ0v) is 15.7. The Morgan fingerprint density at radius 2 is 1.96 bits per heavy atom. The SMILES string of the molecule is C[C@@H]1CC2OC(=O)[C@@]3(C)CCC[C@](C)(C23)[C@@]1(O)CCC1=CC(=O)OC1O. The van der Waals surface area contributed by atoms with Gasteiger partial charge in [-0.25, -0.2) is 4.79 Å². The van der Waals surface area contributed by atoms with Gasteiger partial charge in [0, 0.05) is 23.0 Å². The maximum Gasteiger partial charge on any atom is 0.333 e. The smallest absolute Gasteiger partial charge is 0.333 e. The summed E-state index contributed by atoms with van der Waals surface area (Å²) in [6, 6.07) is 0. The summed E-state index contributed by atoms with van der Waals surface area (Å²) < 4.78 is 10.5. The summed E-state index contributed by atoms with van der Waals surface area (Å²) in [5.41, 5.74) is -1.45. The van der Waals surface area contributed by atoms with Crippen LogP contribution >= 0.6 is 0 Å². The predicted octanol–water partition coefficient (Wildman–Crippen LogP) is 2.08. The lowest BCUT2D eigenvalue weighted by atomic mass is 9.44. The molecule has 0 spiro atoms. The third-order valence-electron chi connectivity index (χ3n) is 7.89. The molecular weight excluding hydrogens is 336 g/mol. The van der Waals surface area contributed by atoms with Crippen LogP contribution in [0.25, 0.3) is 0 Å². The average Bonchev–Trinajstić information content (AvgIpc) is 3.01. The van der Waals surface area contributed by atoms with Gasteiger partial charge in [0.05, 0.1) is 11.0 Å². The molecule has 4 rings (SSSR count). The molecule has 26 heavy (non-hydrogen) atoms. The molecule has 3 fully saturated rings. The van der Waals surface area contributed by atoms with E-state index < -0.39 is 28.7 Å². The molecule has 0 bridgehead atoms. The molecule has 3 unspecified atom stereocenters. The van der Waals surface area contributed by atoms with Crippen LogP contribution in [-0.4, -0.2) is 40.1 Å². The Balaban J connectivity index is 1.66. The monoisotopic (exact) mass is 364 g/mol. The Morgan fingerprint density at radius 3 is 2.62 bits per heavy atom. The fourth-order valence-corrected chi connectivity index (χ4v) is 6.51. The first-order valence-electron chi connectivity index (χ1n) is 9.64. The van der Waals surface area contributed by atoms with Gasteiger partial charge in [-0.05, 0) is 44.9 Å².